The van der Waals surface area contributed by atoms with Gasteiger partial charge in [0.15, 0.2) is 0 Å². The van der Waals surface area contributed by atoms with Crippen LogP contribution in [0.5, 0.6) is 0 Å². The summed E-state index contributed by atoms with van der Waals surface area (Å²) < 4.78 is 0. The van der Waals surface area contributed by atoms with Crippen LogP contribution in [0, 0.1) is 0 Å². The van der Waals surface area contributed by atoms with Gasteiger partial charge >= 0.3 is 0 Å². The van der Waals surface area contributed by atoms with Gasteiger partial charge in [-0.15, -0.1) is 11.8 Å². The highest BCUT2D eigenvalue weighted by Crippen LogP contribution is 2.33. The molecule has 1 aliphatic heterocycles. The molecule has 2 atom stereocenters. The van der Waals surface area contributed by atoms with Gasteiger partial charge in [-0.05, 0) is 24.1 Å². The monoisotopic (exact) mass is 475 g/mol. The first-order valence-electron chi connectivity index (χ1n) is 13.5. The number of anilines is 1. The number of rotatable bonds is 18. The van der Waals surface area contributed by atoms with Crippen LogP contribution in [0.25, 0.3) is 0 Å². The lowest BCUT2D eigenvalue weighted by atomic mass is 10.0. The predicted octanol–water partition coefficient (Wildman–Crippen LogP) is 7.05. The average Bonchev–Trinajstić information content (AvgIpc) is 3.32. The average molecular weight is 476 g/mol. The topological polar surface area (TPSA) is 44.4 Å². The van der Waals surface area contributed by atoms with E-state index in [0.29, 0.717) is 0 Å². The molecule has 0 radical (unpaired) electrons. The fraction of sp³-hybridized carbons (Fsp3) is 0.750. The number of unbranched alkanes of at least 4 members (excludes halogenated alkanes) is 13. The summed E-state index contributed by atoms with van der Waals surface area (Å²) in [7, 11) is 4.10. The van der Waals surface area contributed by atoms with Crippen LogP contribution >= 0.6 is 11.8 Å². The van der Waals surface area contributed by atoms with E-state index in [4.69, 9.17) is 0 Å². The van der Waals surface area contributed by atoms with E-state index in [0.717, 1.165) is 18.7 Å². The molecule has 33 heavy (non-hydrogen) atoms. The van der Waals surface area contributed by atoms with Crippen LogP contribution < -0.4 is 15.5 Å². The van der Waals surface area contributed by atoms with Crippen molar-refractivity contribution >= 4 is 23.4 Å². The van der Waals surface area contributed by atoms with Crippen molar-refractivity contribution in [3.63, 3.8) is 0 Å². The molecule has 5 heteroatoms. The summed E-state index contributed by atoms with van der Waals surface area (Å²) in [5.41, 5.74) is 2.44. The molecule has 1 fully saturated rings. The van der Waals surface area contributed by atoms with Crippen molar-refractivity contribution in [1.29, 1.82) is 0 Å². The maximum Gasteiger partial charge on any atom is 0.238 e. The highest BCUT2D eigenvalue weighted by molar-refractivity contribution is 7.99. The molecular formula is C28H49N3OS. The molecule has 0 aliphatic carbocycles. The Morgan fingerprint density at radius 3 is 1.91 bits per heavy atom. The summed E-state index contributed by atoms with van der Waals surface area (Å²) >= 11 is 1.82. The number of thioether (sulfide) groups is 1. The van der Waals surface area contributed by atoms with Gasteiger partial charge in [-0.1, -0.05) is 103 Å². The van der Waals surface area contributed by atoms with E-state index in [-0.39, 0.29) is 17.3 Å². The van der Waals surface area contributed by atoms with E-state index in [9.17, 15) is 4.79 Å². The first kappa shape index (κ1) is 28.0. The van der Waals surface area contributed by atoms with Gasteiger partial charge in [0.1, 0.15) is 0 Å². The normalized spacial score (nSPS) is 17.9. The first-order valence-corrected chi connectivity index (χ1v) is 14.6. The van der Waals surface area contributed by atoms with Crippen LogP contribution in [0.2, 0.25) is 0 Å². The summed E-state index contributed by atoms with van der Waals surface area (Å²) in [4.78, 5) is 14.6. The Hall–Kier alpha value is -1.20. The van der Waals surface area contributed by atoms with Gasteiger partial charge in [-0.3, -0.25) is 10.1 Å². The summed E-state index contributed by atoms with van der Waals surface area (Å²) in [5.74, 6) is 0.995. The molecule has 1 heterocycles. The maximum atomic E-state index is 12.5. The van der Waals surface area contributed by atoms with Gasteiger partial charge in [0, 0.05) is 32.1 Å². The SMILES string of the molecule is CCCCCCCCCCCCCCCCNC(=O)[C@@H]1CSC(c2ccc(N(C)C)cc2)N1. The summed E-state index contributed by atoms with van der Waals surface area (Å²) in [6, 6.07) is 8.52. The van der Waals surface area contributed by atoms with Crippen LogP contribution in [-0.2, 0) is 4.79 Å². The largest absolute Gasteiger partial charge is 0.378 e. The van der Waals surface area contributed by atoms with Gasteiger partial charge in [-0.25, -0.2) is 0 Å². The van der Waals surface area contributed by atoms with Crippen molar-refractivity contribution in [2.24, 2.45) is 0 Å². The minimum absolute atomic E-state index is 0.0832. The molecule has 2 N–H and O–H groups in total. The van der Waals surface area contributed by atoms with E-state index >= 15 is 0 Å². The van der Waals surface area contributed by atoms with Crippen molar-refractivity contribution in [3.05, 3.63) is 29.8 Å². The maximum absolute atomic E-state index is 12.5. The number of nitrogens with one attached hydrogen (secondary N) is 2. The minimum Gasteiger partial charge on any atom is -0.378 e. The molecule has 0 spiro atoms. The van der Waals surface area contributed by atoms with Gasteiger partial charge in [-0.2, -0.15) is 0 Å². The molecule has 1 saturated heterocycles. The van der Waals surface area contributed by atoms with E-state index in [1.807, 2.05) is 11.8 Å². The van der Waals surface area contributed by atoms with Crippen molar-refractivity contribution in [1.82, 2.24) is 10.6 Å². The smallest absolute Gasteiger partial charge is 0.238 e. The Labute approximate surface area is 208 Å². The van der Waals surface area contributed by atoms with Gasteiger partial charge in [0.05, 0.1) is 11.4 Å². The van der Waals surface area contributed by atoms with E-state index < -0.39 is 0 Å². The summed E-state index contributed by atoms with van der Waals surface area (Å²) in [6.45, 7) is 3.09. The van der Waals surface area contributed by atoms with Crippen LogP contribution in [0.1, 0.15) is 108 Å². The zero-order valence-corrected chi connectivity index (χ0v) is 22.4. The molecular weight excluding hydrogens is 426 g/mol. The predicted molar refractivity (Wildman–Crippen MR) is 146 cm³/mol. The second-order valence-electron chi connectivity index (χ2n) is 9.81. The van der Waals surface area contributed by atoms with Crippen molar-refractivity contribution in [2.45, 2.75) is 108 Å². The van der Waals surface area contributed by atoms with Crippen LogP contribution in [0.3, 0.4) is 0 Å². The third-order valence-electron chi connectivity index (χ3n) is 6.64. The number of hydrogen-bond acceptors (Lipinski definition) is 4. The number of hydrogen-bond donors (Lipinski definition) is 2. The number of amides is 1. The second-order valence-corrected chi connectivity index (χ2v) is 10.9. The zero-order valence-electron chi connectivity index (χ0n) is 21.5. The zero-order chi connectivity index (χ0) is 23.7. The van der Waals surface area contributed by atoms with E-state index in [1.54, 1.807) is 0 Å². The molecule has 188 valence electrons. The fourth-order valence-corrected chi connectivity index (χ4v) is 5.66. The Morgan fingerprint density at radius 1 is 0.879 bits per heavy atom. The molecule has 1 amide bonds. The molecule has 4 nitrogen and oxygen atoms in total. The third-order valence-corrected chi connectivity index (χ3v) is 7.91. The lowest BCUT2D eigenvalue weighted by molar-refractivity contribution is -0.122. The van der Waals surface area contributed by atoms with Gasteiger partial charge < -0.3 is 10.2 Å². The Kier molecular flexibility index (Phi) is 14.7. The molecule has 0 saturated carbocycles. The molecule has 1 aromatic rings. The number of nitrogens with zero attached hydrogens (tertiary/aromatic N) is 1. The molecule has 1 aromatic carbocycles. The molecule has 1 aliphatic rings. The van der Waals surface area contributed by atoms with Crippen molar-refractivity contribution in [3.8, 4) is 0 Å². The lowest BCUT2D eigenvalue weighted by Crippen LogP contribution is -2.42. The third kappa shape index (κ3) is 11.7. The Morgan fingerprint density at radius 2 is 1.39 bits per heavy atom. The fourth-order valence-electron chi connectivity index (χ4n) is 4.42. The summed E-state index contributed by atoms with van der Waals surface area (Å²) in [6.07, 6.45) is 19.1. The van der Waals surface area contributed by atoms with Crippen LogP contribution in [0.4, 0.5) is 5.69 Å². The van der Waals surface area contributed by atoms with Crippen molar-refractivity contribution in [2.75, 3.05) is 31.3 Å². The van der Waals surface area contributed by atoms with Gasteiger partial charge in [0.2, 0.25) is 5.91 Å². The van der Waals surface area contributed by atoms with Gasteiger partial charge in [0.25, 0.3) is 0 Å². The van der Waals surface area contributed by atoms with Crippen molar-refractivity contribution < 1.29 is 4.79 Å². The number of carbonyl (C=O) groups excluding carboxylic acids is 1. The lowest BCUT2D eigenvalue weighted by Gasteiger charge is -2.16. The first-order chi connectivity index (χ1) is 16.1. The quantitative estimate of drug-likeness (QED) is 0.223. The minimum atomic E-state index is -0.0832. The highest BCUT2D eigenvalue weighted by Gasteiger charge is 2.30. The molecule has 2 rings (SSSR count). The second kappa shape index (κ2) is 17.3. The Bertz CT molecular complexity index is 635. The number of carbonyl (C=O) groups is 1. The Balaban J connectivity index is 1.42. The molecule has 0 bridgehead atoms. The summed E-state index contributed by atoms with van der Waals surface area (Å²) in [5, 5.41) is 6.84. The highest BCUT2D eigenvalue weighted by atomic mass is 32.2. The van der Waals surface area contributed by atoms with Crippen LogP contribution in [-0.4, -0.2) is 38.3 Å². The van der Waals surface area contributed by atoms with E-state index in [1.165, 1.54) is 94.7 Å². The van der Waals surface area contributed by atoms with Crippen LogP contribution in [0.15, 0.2) is 24.3 Å². The molecule has 0 aromatic heterocycles. The molecule has 1 unspecified atom stereocenters. The number of benzene rings is 1. The standard InChI is InChI=1S/C28H49N3OS/c1-4-5-6-7-8-9-10-11-12-13-14-15-16-17-22-29-27(32)26-23-33-28(30-26)24-18-20-25(21-19-24)31(2)3/h18-21,26,28,30H,4-17,22-23H2,1-3H3,(H,29,32)/t26-,28?/m0/s1. The van der Waals surface area contributed by atoms with E-state index in [2.05, 4.69) is 60.8 Å².